The van der Waals surface area contributed by atoms with Gasteiger partial charge in [-0.1, -0.05) is 11.6 Å². The number of carboxylic acid groups (broad SMARTS) is 1. The van der Waals surface area contributed by atoms with Crippen LogP contribution in [-0.4, -0.2) is 23.5 Å². The van der Waals surface area contributed by atoms with Crippen molar-refractivity contribution in [2.75, 3.05) is 6.61 Å². The predicted octanol–water partition coefficient (Wildman–Crippen LogP) is 5.46. The Hall–Kier alpha value is -2.33. The summed E-state index contributed by atoms with van der Waals surface area (Å²) in [6.45, 7) is 7.62. The smallest absolute Gasteiger partial charge is 0.309 e. The number of aliphatic carboxylic acids is 1. The van der Waals surface area contributed by atoms with E-state index in [9.17, 15) is 9.59 Å². The molecule has 0 atom stereocenters. The molecule has 0 fully saturated rings. The summed E-state index contributed by atoms with van der Waals surface area (Å²) in [6, 6.07) is 10.5. The molecule has 0 aromatic heterocycles. The first-order chi connectivity index (χ1) is 12.6. The van der Waals surface area contributed by atoms with Gasteiger partial charge in [-0.25, -0.2) is 0 Å². The van der Waals surface area contributed by atoms with E-state index >= 15 is 0 Å². The maximum atomic E-state index is 12.8. The summed E-state index contributed by atoms with van der Waals surface area (Å²) < 4.78 is 5.78. The standard InChI is InChI=1S/C22H25ClO4/c1-14-12-18(27-11-5-10-22(3,4)21(25)26)13-15(2)19(14)20(24)16-6-8-17(23)9-7-16/h6-9,12-13H,5,10-11H2,1-4H3,(H,25,26). The lowest BCUT2D eigenvalue weighted by atomic mass is 9.88. The molecule has 4 nitrogen and oxygen atoms in total. The van der Waals surface area contributed by atoms with Crippen LogP contribution in [0, 0.1) is 19.3 Å². The number of aryl methyl sites for hydroxylation is 2. The number of hydrogen-bond acceptors (Lipinski definition) is 3. The molecule has 1 N–H and O–H groups in total. The lowest BCUT2D eigenvalue weighted by Crippen LogP contribution is -2.24. The third-order valence-corrected chi connectivity index (χ3v) is 4.89. The van der Waals surface area contributed by atoms with Crippen LogP contribution >= 0.6 is 11.6 Å². The maximum absolute atomic E-state index is 12.8. The van der Waals surface area contributed by atoms with Crippen molar-refractivity contribution >= 4 is 23.4 Å². The molecule has 0 aliphatic carbocycles. The zero-order valence-electron chi connectivity index (χ0n) is 16.1. The highest BCUT2D eigenvalue weighted by Gasteiger charge is 2.26. The predicted molar refractivity (Wildman–Crippen MR) is 107 cm³/mol. The average molecular weight is 389 g/mol. The molecule has 2 aromatic rings. The van der Waals surface area contributed by atoms with Crippen molar-refractivity contribution in [2.24, 2.45) is 5.41 Å². The number of ether oxygens (including phenoxy) is 1. The van der Waals surface area contributed by atoms with Gasteiger partial charge < -0.3 is 9.84 Å². The number of carbonyl (C=O) groups excluding carboxylic acids is 1. The van der Waals surface area contributed by atoms with Crippen LogP contribution in [0.5, 0.6) is 5.75 Å². The highest BCUT2D eigenvalue weighted by Crippen LogP contribution is 2.26. The Morgan fingerprint density at radius 1 is 1.07 bits per heavy atom. The molecule has 0 saturated carbocycles. The van der Waals surface area contributed by atoms with E-state index in [1.807, 2.05) is 26.0 Å². The van der Waals surface area contributed by atoms with E-state index in [4.69, 9.17) is 21.4 Å². The number of carboxylic acids is 1. The molecular weight excluding hydrogens is 364 g/mol. The largest absolute Gasteiger partial charge is 0.494 e. The van der Waals surface area contributed by atoms with E-state index in [0.29, 0.717) is 41.3 Å². The third kappa shape index (κ3) is 5.33. The van der Waals surface area contributed by atoms with Gasteiger partial charge in [0.25, 0.3) is 0 Å². The molecule has 0 unspecified atom stereocenters. The molecule has 0 amide bonds. The summed E-state index contributed by atoms with van der Waals surface area (Å²) in [7, 11) is 0. The molecule has 0 saturated heterocycles. The molecule has 2 aromatic carbocycles. The zero-order valence-corrected chi connectivity index (χ0v) is 16.9. The van der Waals surface area contributed by atoms with Gasteiger partial charge in [-0.05, 0) is 88.1 Å². The fourth-order valence-electron chi connectivity index (χ4n) is 2.92. The Labute approximate surface area is 165 Å². The molecule has 5 heteroatoms. The summed E-state index contributed by atoms with van der Waals surface area (Å²) in [4.78, 5) is 23.9. The van der Waals surface area contributed by atoms with Crippen LogP contribution in [0.3, 0.4) is 0 Å². The summed E-state index contributed by atoms with van der Waals surface area (Å²) in [6.07, 6.45) is 1.18. The molecule has 0 aliphatic rings. The third-order valence-electron chi connectivity index (χ3n) is 4.63. The van der Waals surface area contributed by atoms with E-state index in [-0.39, 0.29) is 5.78 Å². The topological polar surface area (TPSA) is 63.6 Å². The van der Waals surface area contributed by atoms with Crippen molar-refractivity contribution in [2.45, 2.75) is 40.5 Å². The molecule has 27 heavy (non-hydrogen) atoms. The van der Waals surface area contributed by atoms with Crippen LogP contribution in [0.4, 0.5) is 0 Å². The van der Waals surface area contributed by atoms with Crippen LogP contribution in [-0.2, 0) is 4.79 Å². The van der Waals surface area contributed by atoms with Crippen molar-refractivity contribution in [1.29, 1.82) is 0 Å². The van der Waals surface area contributed by atoms with Gasteiger partial charge in [0.15, 0.2) is 5.78 Å². The Morgan fingerprint density at radius 3 is 2.15 bits per heavy atom. The monoisotopic (exact) mass is 388 g/mol. The van der Waals surface area contributed by atoms with Crippen molar-refractivity contribution in [1.82, 2.24) is 0 Å². The number of benzene rings is 2. The Bertz CT molecular complexity index is 815. The lowest BCUT2D eigenvalue weighted by molar-refractivity contribution is -0.147. The first-order valence-electron chi connectivity index (χ1n) is 8.89. The van der Waals surface area contributed by atoms with Gasteiger partial charge in [0, 0.05) is 16.1 Å². The van der Waals surface area contributed by atoms with Gasteiger partial charge in [-0.2, -0.15) is 0 Å². The molecule has 144 valence electrons. The van der Waals surface area contributed by atoms with Crippen LogP contribution in [0.2, 0.25) is 5.02 Å². The number of hydrogen-bond donors (Lipinski definition) is 1. The van der Waals surface area contributed by atoms with Crippen LogP contribution in [0.15, 0.2) is 36.4 Å². The number of carbonyl (C=O) groups is 2. The molecule has 0 bridgehead atoms. The van der Waals surface area contributed by atoms with Crippen LogP contribution in [0.25, 0.3) is 0 Å². The SMILES string of the molecule is Cc1cc(OCCCC(C)(C)C(=O)O)cc(C)c1C(=O)c1ccc(Cl)cc1. The maximum Gasteiger partial charge on any atom is 0.309 e. The molecule has 0 spiro atoms. The highest BCUT2D eigenvalue weighted by molar-refractivity contribution is 6.30. The fraction of sp³-hybridized carbons (Fsp3) is 0.364. The minimum Gasteiger partial charge on any atom is -0.494 e. The van der Waals surface area contributed by atoms with Gasteiger partial charge in [-0.15, -0.1) is 0 Å². The quantitative estimate of drug-likeness (QED) is 0.482. The first-order valence-corrected chi connectivity index (χ1v) is 9.27. The lowest BCUT2D eigenvalue weighted by Gasteiger charge is -2.19. The molecule has 0 heterocycles. The summed E-state index contributed by atoms with van der Waals surface area (Å²) in [5, 5.41) is 9.73. The minimum atomic E-state index is -0.806. The van der Waals surface area contributed by atoms with Crippen LogP contribution in [0.1, 0.15) is 53.7 Å². The van der Waals surface area contributed by atoms with Crippen LogP contribution < -0.4 is 4.74 Å². The van der Waals surface area contributed by atoms with Gasteiger partial charge in [0.05, 0.1) is 12.0 Å². The molecule has 0 radical (unpaired) electrons. The Balaban J connectivity index is 2.07. The summed E-state index contributed by atoms with van der Waals surface area (Å²) in [5.41, 5.74) is 2.18. The van der Waals surface area contributed by atoms with E-state index in [0.717, 1.165) is 11.1 Å². The summed E-state index contributed by atoms with van der Waals surface area (Å²) in [5.74, 6) is -0.165. The Morgan fingerprint density at radius 2 is 1.63 bits per heavy atom. The second kappa shape index (κ2) is 8.57. The highest BCUT2D eigenvalue weighted by atomic mass is 35.5. The molecule has 0 aliphatic heterocycles. The second-order valence-electron chi connectivity index (χ2n) is 7.41. The van der Waals surface area contributed by atoms with Crippen molar-refractivity contribution in [3.8, 4) is 5.75 Å². The zero-order chi connectivity index (χ0) is 20.2. The van der Waals surface area contributed by atoms with E-state index in [1.165, 1.54) is 0 Å². The van der Waals surface area contributed by atoms with E-state index < -0.39 is 11.4 Å². The normalized spacial score (nSPS) is 11.3. The number of ketones is 1. The van der Waals surface area contributed by atoms with Gasteiger partial charge in [0.1, 0.15) is 5.75 Å². The van der Waals surface area contributed by atoms with Crippen molar-refractivity contribution < 1.29 is 19.4 Å². The summed E-state index contributed by atoms with van der Waals surface area (Å²) >= 11 is 5.89. The Kier molecular flexibility index (Phi) is 6.66. The average Bonchev–Trinajstić information content (AvgIpc) is 2.58. The van der Waals surface area contributed by atoms with Gasteiger partial charge >= 0.3 is 5.97 Å². The van der Waals surface area contributed by atoms with Crippen molar-refractivity contribution in [3.63, 3.8) is 0 Å². The fourth-order valence-corrected chi connectivity index (χ4v) is 3.05. The van der Waals surface area contributed by atoms with E-state index in [2.05, 4.69) is 0 Å². The number of rotatable bonds is 8. The molecular formula is C22H25ClO4. The minimum absolute atomic E-state index is 0.0450. The molecule has 2 rings (SSSR count). The van der Waals surface area contributed by atoms with Gasteiger partial charge in [0.2, 0.25) is 0 Å². The first kappa shape index (κ1) is 21.0. The van der Waals surface area contributed by atoms with Crippen molar-refractivity contribution in [3.05, 3.63) is 63.7 Å². The second-order valence-corrected chi connectivity index (χ2v) is 7.85. The van der Waals surface area contributed by atoms with E-state index in [1.54, 1.807) is 38.1 Å². The van der Waals surface area contributed by atoms with Gasteiger partial charge in [-0.3, -0.25) is 9.59 Å². The number of halogens is 1.